The average Bonchev–Trinajstić information content (AvgIpc) is 2.77. The van der Waals surface area contributed by atoms with Gasteiger partial charge in [0.05, 0.1) is 6.54 Å². The zero-order chi connectivity index (χ0) is 21.8. The van der Waals surface area contributed by atoms with Crippen LogP contribution < -0.4 is 4.90 Å². The molecule has 0 unspecified atom stereocenters. The van der Waals surface area contributed by atoms with Crippen molar-refractivity contribution >= 4 is 34.8 Å². The molecule has 2 aromatic carbocycles. The van der Waals surface area contributed by atoms with Crippen LogP contribution >= 0.6 is 23.2 Å². The number of nitrogens with zero attached hydrogens (tertiary/aromatic N) is 3. The second kappa shape index (κ2) is 9.29. The van der Waals surface area contributed by atoms with Crippen LogP contribution in [0.4, 0.5) is 5.69 Å². The van der Waals surface area contributed by atoms with Crippen molar-refractivity contribution < 1.29 is 4.79 Å². The van der Waals surface area contributed by atoms with Gasteiger partial charge in [0.15, 0.2) is 0 Å². The quantitative estimate of drug-likeness (QED) is 0.345. The highest BCUT2D eigenvalue weighted by Gasteiger charge is 2.22. The molecule has 0 saturated heterocycles. The summed E-state index contributed by atoms with van der Waals surface area (Å²) in [4.78, 5) is 23.6. The molecule has 154 valence electrons. The molecular weight excluding hydrogens is 429 g/mol. The Balaban J connectivity index is 1.81. The number of carbonyl (C=O) groups is 1. The lowest BCUT2D eigenvalue weighted by Gasteiger charge is -2.25. The Morgan fingerprint density at radius 3 is 2.29 bits per heavy atom. The maximum atomic E-state index is 13.6. The minimum absolute atomic E-state index is 0.150. The lowest BCUT2D eigenvalue weighted by atomic mass is 9.99. The van der Waals surface area contributed by atoms with E-state index in [0.717, 1.165) is 22.3 Å². The molecule has 1 amide bonds. The summed E-state index contributed by atoms with van der Waals surface area (Å²) in [6, 6.07) is 18.8. The van der Waals surface area contributed by atoms with Gasteiger partial charge in [-0.05, 0) is 65.6 Å². The molecule has 0 fully saturated rings. The molecule has 6 heteroatoms. The standard InChI is InChI=1S/C25H19Cl2N3O/c1-17-15-29-11-8-23(17)25(31)30(22-13-20(26)12-21(27)14-22)16-19-4-2-3-5-24(19)18-6-9-28-10-7-18/h2-15H,16H2,1H3. The van der Waals surface area contributed by atoms with Gasteiger partial charge in [0, 0.05) is 46.1 Å². The van der Waals surface area contributed by atoms with Gasteiger partial charge in [0.25, 0.3) is 5.91 Å². The molecule has 4 rings (SSSR count). The summed E-state index contributed by atoms with van der Waals surface area (Å²) in [7, 11) is 0. The molecular formula is C25H19Cl2N3O. The summed E-state index contributed by atoms with van der Waals surface area (Å²) in [6.07, 6.45) is 6.81. The Bertz CT molecular complexity index is 1210. The number of pyridine rings is 2. The molecule has 31 heavy (non-hydrogen) atoms. The highest BCUT2D eigenvalue weighted by atomic mass is 35.5. The Morgan fingerprint density at radius 1 is 0.903 bits per heavy atom. The van der Waals surface area contributed by atoms with Gasteiger partial charge in [0.2, 0.25) is 0 Å². The number of hydrogen-bond acceptors (Lipinski definition) is 3. The van der Waals surface area contributed by atoms with Gasteiger partial charge < -0.3 is 4.90 Å². The molecule has 2 aromatic heterocycles. The van der Waals surface area contributed by atoms with Crippen LogP contribution in [0, 0.1) is 6.92 Å². The molecule has 0 saturated carbocycles. The Kier molecular flexibility index (Phi) is 6.31. The van der Waals surface area contributed by atoms with Gasteiger partial charge in [-0.1, -0.05) is 47.5 Å². The van der Waals surface area contributed by atoms with Gasteiger partial charge in [-0.15, -0.1) is 0 Å². The van der Waals surface area contributed by atoms with E-state index in [2.05, 4.69) is 9.97 Å². The topological polar surface area (TPSA) is 46.1 Å². The molecule has 0 aliphatic rings. The lowest BCUT2D eigenvalue weighted by Crippen LogP contribution is -2.31. The first-order chi connectivity index (χ1) is 15.0. The van der Waals surface area contributed by atoms with Crippen molar-refractivity contribution in [1.82, 2.24) is 9.97 Å². The zero-order valence-corrected chi connectivity index (χ0v) is 18.3. The average molecular weight is 448 g/mol. The fourth-order valence-corrected chi connectivity index (χ4v) is 3.99. The van der Waals surface area contributed by atoms with Gasteiger partial charge in [-0.3, -0.25) is 14.8 Å². The third-order valence-corrected chi connectivity index (χ3v) is 5.43. The molecule has 0 bridgehead atoms. The van der Waals surface area contributed by atoms with E-state index < -0.39 is 0 Å². The largest absolute Gasteiger partial charge is 0.304 e. The monoisotopic (exact) mass is 447 g/mol. The van der Waals surface area contributed by atoms with Crippen LogP contribution in [0.2, 0.25) is 10.0 Å². The predicted molar refractivity (Wildman–Crippen MR) is 126 cm³/mol. The minimum Gasteiger partial charge on any atom is -0.304 e. The third-order valence-electron chi connectivity index (χ3n) is 4.99. The normalized spacial score (nSPS) is 10.7. The minimum atomic E-state index is -0.150. The first-order valence-electron chi connectivity index (χ1n) is 9.70. The van der Waals surface area contributed by atoms with Crippen LogP contribution in [0.25, 0.3) is 11.1 Å². The van der Waals surface area contributed by atoms with Gasteiger partial charge >= 0.3 is 0 Å². The molecule has 0 aliphatic carbocycles. The first-order valence-corrected chi connectivity index (χ1v) is 10.5. The number of benzene rings is 2. The molecule has 0 aliphatic heterocycles. The molecule has 0 radical (unpaired) electrons. The second-order valence-electron chi connectivity index (χ2n) is 7.10. The van der Waals surface area contributed by atoms with Gasteiger partial charge in [0.1, 0.15) is 0 Å². The highest BCUT2D eigenvalue weighted by Crippen LogP contribution is 2.31. The smallest absolute Gasteiger partial charge is 0.258 e. The lowest BCUT2D eigenvalue weighted by molar-refractivity contribution is 0.0984. The van der Waals surface area contributed by atoms with E-state index in [1.54, 1.807) is 54.0 Å². The Labute approximate surface area is 191 Å². The van der Waals surface area contributed by atoms with Crippen molar-refractivity contribution in [2.75, 3.05) is 4.90 Å². The number of hydrogen-bond donors (Lipinski definition) is 0. The summed E-state index contributed by atoms with van der Waals surface area (Å²) in [5, 5.41) is 0.934. The number of halogens is 2. The van der Waals surface area contributed by atoms with Crippen molar-refractivity contribution in [2.45, 2.75) is 13.5 Å². The van der Waals surface area contributed by atoms with Crippen molar-refractivity contribution in [2.24, 2.45) is 0 Å². The summed E-state index contributed by atoms with van der Waals surface area (Å²) in [6.45, 7) is 2.21. The second-order valence-corrected chi connectivity index (χ2v) is 7.98. The summed E-state index contributed by atoms with van der Waals surface area (Å²) >= 11 is 12.5. The van der Waals surface area contributed by atoms with Crippen LogP contribution in [0.3, 0.4) is 0 Å². The van der Waals surface area contributed by atoms with Crippen molar-refractivity contribution in [3.05, 3.63) is 112 Å². The number of aromatic nitrogens is 2. The molecule has 0 spiro atoms. The first kappa shape index (κ1) is 21.0. The Morgan fingerprint density at radius 2 is 1.58 bits per heavy atom. The summed E-state index contributed by atoms with van der Waals surface area (Å²) in [5.74, 6) is -0.150. The number of rotatable bonds is 5. The molecule has 0 atom stereocenters. The molecule has 4 aromatic rings. The highest BCUT2D eigenvalue weighted by molar-refractivity contribution is 6.35. The summed E-state index contributed by atoms with van der Waals surface area (Å²) in [5.41, 5.74) is 5.05. The van der Waals surface area contributed by atoms with Crippen LogP contribution in [0.15, 0.2) is 85.5 Å². The number of aryl methyl sites for hydroxylation is 1. The summed E-state index contributed by atoms with van der Waals surface area (Å²) < 4.78 is 0. The van der Waals surface area contributed by atoms with Crippen molar-refractivity contribution in [3.8, 4) is 11.1 Å². The van der Waals surface area contributed by atoms with E-state index in [4.69, 9.17) is 23.2 Å². The maximum absolute atomic E-state index is 13.6. The third kappa shape index (κ3) is 4.76. The maximum Gasteiger partial charge on any atom is 0.258 e. The van der Waals surface area contributed by atoms with Crippen molar-refractivity contribution in [1.29, 1.82) is 0 Å². The molecule has 4 nitrogen and oxygen atoms in total. The van der Waals surface area contributed by atoms with Crippen LogP contribution in [0.5, 0.6) is 0 Å². The number of carbonyl (C=O) groups excluding carboxylic acids is 1. The predicted octanol–water partition coefficient (Wildman–Crippen LogP) is 6.61. The van der Waals surface area contributed by atoms with Crippen molar-refractivity contribution in [3.63, 3.8) is 0 Å². The fourth-order valence-electron chi connectivity index (χ4n) is 3.48. The number of amides is 1. The number of anilines is 1. The van der Waals surface area contributed by atoms with E-state index >= 15 is 0 Å². The Hall–Kier alpha value is -3.21. The van der Waals surface area contributed by atoms with E-state index in [-0.39, 0.29) is 5.91 Å². The zero-order valence-electron chi connectivity index (χ0n) is 16.8. The van der Waals surface area contributed by atoms with Gasteiger partial charge in [-0.2, -0.15) is 0 Å². The molecule has 2 heterocycles. The van der Waals surface area contributed by atoms with Crippen LogP contribution in [-0.2, 0) is 6.54 Å². The van der Waals surface area contributed by atoms with Crippen LogP contribution in [-0.4, -0.2) is 15.9 Å². The van der Waals surface area contributed by atoms with Gasteiger partial charge in [-0.25, -0.2) is 0 Å². The fraction of sp³-hybridized carbons (Fsp3) is 0.0800. The van der Waals surface area contributed by atoms with E-state index in [0.29, 0.717) is 27.8 Å². The van der Waals surface area contributed by atoms with E-state index in [1.807, 2.05) is 43.3 Å². The van der Waals surface area contributed by atoms with E-state index in [9.17, 15) is 4.79 Å². The van der Waals surface area contributed by atoms with Crippen LogP contribution in [0.1, 0.15) is 21.5 Å². The molecule has 0 N–H and O–H groups in total. The SMILES string of the molecule is Cc1cnccc1C(=O)N(Cc1ccccc1-c1ccncc1)c1cc(Cl)cc(Cl)c1. The van der Waals surface area contributed by atoms with E-state index in [1.165, 1.54) is 0 Å².